The first-order chi connectivity index (χ1) is 29.7. The Hall–Kier alpha value is -7.73. The van der Waals surface area contributed by atoms with E-state index in [1.807, 2.05) is 29.5 Å². The number of nitrogens with zero attached hydrogens (tertiary/aromatic N) is 4. The van der Waals surface area contributed by atoms with E-state index in [1.54, 1.807) is 0 Å². The molecule has 0 bridgehead atoms. The van der Waals surface area contributed by atoms with Crippen LogP contribution in [0.25, 0.3) is 115 Å². The summed E-state index contributed by atoms with van der Waals surface area (Å²) >= 11 is 1.81. The highest BCUT2D eigenvalue weighted by atomic mass is 32.1. The normalized spacial score (nSPS) is 11.7. The molecule has 0 saturated heterocycles. The first-order valence-corrected chi connectivity index (χ1v) is 21.0. The summed E-state index contributed by atoms with van der Waals surface area (Å²) in [5, 5.41) is 6.16. The second-order valence-corrected chi connectivity index (χ2v) is 16.2. The van der Waals surface area contributed by atoms with Crippen LogP contribution < -0.4 is 0 Å². The van der Waals surface area contributed by atoms with Crippen molar-refractivity contribution in [3.05, 3.63) is 206 Å². The van der Waals surface area contributed by atoms with Gasteiger partial charge in [0.1, 0.15) is 0 Å². The molecule has 0 amide bonds. The van der Waals surface area contributed by atoms with Crippen molar-refractivity contribution in [2.75, 3.05) is 0 Å². The van der Waals surface area contributed by atoms with Crippen LogP contribution in [0.15, 0.2) is 206 Å². The van der Waals surface area contributed by atoms with E-state index in [9.17, 15) is 0 Å². The topological polar surface area (TPSA) is 43.6 Å². The van der Waals surface area contributed by atoms with Gasteiger partial charge in [0.25, 0.3) is 0 Å². The van der Waals surface area contributed by atoms with Gasteiger partial charge in [-0.1, -0.05) is 158 Å². The third-order valence-corrected chi connectivity index (χ3v) is 12.8. The standard InChI is InChI=1S/C55H34N4S/c1-3-16-35(17-4-1)41-27-15-28-45-51(41)52-44-26-9-12-31-50(44)60-54(52)53(56-45)39-22-13-20-37(32-39)46-34-47(58-55(57-46)36-18-5-2-6-19-36)38-21-14-23-40(33-38)59-48-29-10-7-24-42(48)43-25-8-11-30-49(43)59/h1-34H. The molecule has 0 fully saturated rings. The van der Waals surface area contributed by atoms with Crippen LogP contribution in [0, 0.1) is 0 Å². The van der Waals surface area contributed by atoms with Crippen LogP contribution in [-0.4, -0.2) is 19.5 Å². The van der Waals surface area contributed by atoms with Crippen LogP contribution in [0.5, 0.6) is 0 Å². The maximum absolute atomic E-state index is 5.47. The highest BCUT2D eigenvalue weighted by Gasteiger charge is 2.20. The average molecular weight is 783 g/mol. The van der Waals surface area contributed by atoms with Crippen molar-refractivity contribution in [3.8, 4) is 62.0 Å². The lowest BCUT2D eigenvalue weighted by molar-refractivity contribution is 1.16. The number of pyridine rings is 1. The van der Waals surface area contributed by atoms with E-state index < -0.39 is 0 Å². The number of thiophene rings is 1. The van der Waals surface area contributed by atoms with Gasteiger partial charge in [-0.25, -0.2) is 15.0 Å². The van der Waals surface area contributed by atoms with E-state index in [2.05, 4.69) is 193 Å². The molecule has 0 N–H and O–H groups in total. The summed E-state index contributed by atoms with van der Waals surface area (Å²) in [5.41, 5.74) is 13.5. The van der Waals surface area contributed by atoms with E-state index in [-0.39, 0.29) is 0 Å². The molecule has 0 radical (unpaired) electrons. The summed E-state index contributed by atoms with van der Waals surface area (Å²) in [4.78, 5) is 15.9. The Morgan fingerprint density at radius 2 is 0.950 bits per heavy atom. The van der Waals surface area contributed by atoms with Gasteiger partial charge >= 0.3 is 0 Å². The minimum Gasteiger partial charge on any atom is -0.309 e. The quantitative estimate of drug-likeness (QED) is 0.169. The summed E-state index contributed by atoms with van der Waals surface area (Å²) in [7, 11) is 0. The van der Waals surface area contributed by atoms with Crippen molar-refractivity contribution < 1.29 is 0 Å². The molecule has 8 aromatic carbocycles. The highest BCUT2D eigenvalue weighted by molar-refractivity contribution is 7.26. The van der Waals surface area contributed by atoms with Crippen LogP contribution in [0.3, 0.4) is 0 Å². The van der Waals surface area contributed by atoms with Crippen LogP contribution in [0.2, 0.25) is 0 Å². The lowest BCUT2D eigenvalue weighted by Crippen LogP contribution is -1.98. The molecular weight excluding hydrogens is 749 g/mol. The molecule has 0 saturated carbocycles. The zero-order chi connectivity index (χ0) is 39.6. The van der Waals surface area contributed by atoms with E-state index >= 15 is 0 Å². The van der Waals surface area contributed by atoms with Gasteiger partial charge < -0.3 is 4.57 Å². The minimum atomic E-state index is 0.680. The summed E-state index contributed by atoms with van der Waals surface area (Å²) in [5.74, 6) is 0.680. The number of hydrogen-bond donors (Lipinski definition) is 0. The third kappa shape index (κ3) is 5.63. The molecule has 60 heavy (non-hydrogen) atoms. The molecule has 0 unspecified atom stereocenters. The van der Waals surface area contributed by atoms with Crippen molar-refractivity contribution >= 4 is 64.2 Å². The number of fused-ring (bicyclic) bond motifs is 8. The molecule has 0 atom stereocenters. The number of hydrogen-bond acceptors (Lipinski definition) is 4. The van der Waals surface area contributed by atoms with Crippen LogP contribution >= 0.6 is 11.3 Å². The fourth-order valence-corrected chi connectivity index (χ4v) is 10.1. The van der Waals surface area contributed by atoms with Gasteiger partial charge in [-0.3, -0.25) is 0 Å². The van der Waals surface area contributed by atoms with Crippen molar-refractivity contribution in [2.24, 2.45) is 0 Å². The Morgan fingerprint density at radius 1 is 0.383 bits per heavy atom. The Morgan fingerprint density at radius 3 is 1.68 bits per heavy atom. The van der Waals surface area contributed by atoms with E-state index in [1.165, 1.54) is 58.5 Å². The van der Waals surface area contributed by atoms with Gasteiger partial charge in [0, 0.05) is 59.6 Å². The molecule has 4 nitrogen and oxygen atoms in total. The lowest BCUT2D eigenvalue weighted by Gasteiger charge is -2.13. The molecule has 0 spiro atoms. The van der Waals surface area contributed by atoms with Gasteiger partial charge in [0.05, 0.1) is 38.3 Å². The Kier molecular flexibility index (Phi) is 8.00. The number of aromatic nitrogens is 4. The fourth-order valence-electron chi connectivity index (χ4n) is 8.87. The molecule has 5 heteroatoms. The third-order valence-electron chi connectivity index (χ3n) is 11.6. The molecule has 12 aromatic rings. The van der Waals surface area contributed by atoms with Gasteiger partial charge in [-0.05, 0) is 59.7 Å². The van der Waals surface area contributed by atoms with E-state index in [0.29, 0.717) is 5.82 Å². The number of para-hydroxylation sites is 2. The number of rotatable bonds is 6. The van der Waals surface area contributed by atoms with Gasteiger partial charge in [0.15, 0.2) is 5.82 Å². The molecule has 280 valence electrons. The first-order valence-electron chi connectivity index (χ1n) is 20.2. The lowest BCUT2D eigenvalue weighted by atomic mass is 9.95. The van der Waals surface area contributed by atoms with Crippen molar-refractivity contribution in [1.29, 1.82) is 0 Å². The summed E-state index contributed by atoms with van der Waals surface area (Å²) in [6.07, 6.45) is 0. The zero-order valence-electron chi connectivity index (χ0n) is 32.3. The first kappa shape index (κ1) is 34.3. The largest absolute Gasteiger partial charge is 0.309 e. The van der Waals surface area contributed by atoms with Crippen molar-refractivity contribution in [1.82, 2.24) is 19.5 Å². The average Bonchev–Trinajstić information content (AvgIpc) is 3.88. The zero-order valence-corrected chi connectivity index (χ0v) is 33.1. The van der Waals surface area contributed by atoms with E-state index in [4.69, 9.17) is 15.0 Å². The van der Waals surface area contributed by atoms with Gasteiger partial charge in [-0.15, -0.1) is 11.3 Å². The Balaban J connectivity index is 1.04. The fraction of sp³-hybridized carbons (Fsp3) is 0. The molecular formula is C55H34N4S. The maximum atomic E-state index is 5.47. The summed E-state index contributed by atoms with van der Waals surface area (Å²) < 4.78 is 4.78. The maximum Gasteiger partial charge on any atom is 0.160 e. The van der Waals surface area contributed by atoms with E-state index in [0.717, 1.165) is 50.5 Å². The van der Waals surface area contributed by atoms with Gasteiger partial charge in [-0.2, -0.15) is 0 Å². The second kappa shape index (κ2) is 14.0. The van der Waals surface area contributed by atoms with Crippen LogP contribution in [0.4, 0.5) is 0 Å². The molecule has 0 aliphatic rings. The smallest absolute Gasteiger partial charge is 0.160 e. The number of benzene rings is 8. The summed E-state index contributed by atoms with van der Waals surface area (Å²) in [6.45, 7) is 0. The molecule has 0 aliphatic heterocycles. The van der Waals surface area contributed by atoms with Gasteiger partial charge in [0.2, 0.25) is 0 Å². The van der Waals surface area contributed by atoms with Crippen molar-refractivity contribution in [3.63, 3.8) is 0 Å². The Bertz CT molecular complexity index is 3550. The van der Waals surface area contributed by atoms with Crippen LogP contribution in [-0.2, 0) is 0 Å². The SMILES string of the molecule is c1ccc(-c2nc(-c3cccc(-c4nc5cccc(-c6ccccc6)c5c5c4sc4ccccc45)c3)cc(-c3cccc(-n4c5ccccc5c5ccccc54)c3)n2)cc1. The highest BCUT2D eigenvalue weighted by Crippen LogP contribution is 2.46. The summed E-state index contributed by atoms with van der Waals surface area (Å²) in [6, 6.07) is 73.0. The Labute approximate surface area is 350 Å². The molecule has 0 aliphatic carbocycles. The predicted molar refractivity (Wildman–Crippen MR) is 252 cm³/mol. The minimum absolute atomic E-state index is 0.680. The van der Waals surface area contributed by atoms with Crippen LogP contribution in [0.1, 0.15) is 0 Å². The molecule has 4 heterocycles. The molecule has 4 aromatic heterocycles. The molecule has 12 rings (SSSR count). The predicted octanol–water partition coefficient (Wildman–Crippen LogP) is 14.8. The second-order valence-electron chi connectivity index (χ2n) is 15.2. The van der Waals surface area contributed by atoms with Crippen molar-refractivity contribution in [2.45, 2.75) is 0 Å². The monoisotopic (exact) mass is 782 g/mol.